The lowest BCUT2D eigenvalue weighted by Crippen LogP contribution is -2.14. The Morgan fingerprint density at radius 2 is 1.27 bits per heavy atom. The van der Waals surface area contributed by atoms with Crippen molar-refractivity contribution in [3.63, 3.8) is 0 Å². The summed E-state index contributed by atoms with van der Waals surface area (Å²) in [5.74, 6) is 0.766. The molecule has 0 saturated heterocycles. The number of rotatable bonds is 20. The van der Waals surface area contributed by atoms with Gasteiger partial charge in [0.2, 0.25) is 23.0 Å². The van der Waals surface area contributed by atoms with E-state index in [4.69, 9.17) is 38.2 Å². The maximum Gasteiger partial charge on any atom is 0.381 e. The maximum atomic E-state index is 12.6. The zero-order valence-electron chi connectivity index (χ0n) is 28.0. The van der Waals surface area contributed by atoms with Gasteiger partial charge in [0, 0.05) is 16.7 Å². The highest BCUT2D eigenvalue weighted by atomic mass is 17.2. The Bertz CT molecular complexity index is 1330. The summed E-state index contributed by atoms with van der Waals surface area (Å²) in [6.45, 7) is 23.7. The third-order valence-electron chi connectivity index (χ3n) is 6.28. The van der Waals surface area contributed by atoms with E-state index in [0.717, 1.165) is 24.0 Å². The van der Waals surface area contributed by atoms with E-state index in [-0.39, 0.29) is 34.3 Å². The number of benzene rings is 2. The summed E-state index contributed by atoms with van der Waals surface area (Å²) in [6.07, 6.45) is 1.97. The smallest absolute Gasteiger partial charge is 0.381 e. The summed E-state index contributed by atoms with van der Waals surface area (Å²) in [5.41, 5.74) is 2.05. The van der Waals surface area contributed by atoms with Crippen LogP contribution < -0.4 is 33.3 Å². The van der Waals surface area contributed by atoms with Gasteiger partial charge in [0.05, 0.1) is 33.0 Å². The minimum absolute atomic E-state index is 0.138. The molecule has 0 amide bonds. The van der Waals surface area contributed by atoms with Crippen molar-refractivity contribution in [3.8, 4) is 40.2 Å². The molecule has 10 heteroatoms. The summed E-state index contributed by atoms with van der Waals surface area (Å²) in [5, 5.41) is 0. The summed E-state index contributed by atoms with van der Waals surface area (Å²) in [4.78, 5) is 35.0. The second-order valence-corrected chi connectivity index (χ2v) is 10.3. The van der Waals surface area contributed by atoms with Gasteiger partial charge in [0.25, 0.3) is 0 Å². The first-order valence-corrected chi connectivity index (χ1v) is 15.5. The molecule has 0 N–H and O–H groups in total. The van der Waals surface area contributed by atoms with Gasteiger partial charge in [-0.15, -0.1) is 0 Å². The Hall–Kier alpha value is -4.34. The Morgan fingerprint density at radius 1 is 0.689 bits per heavy atom. The largest absolute Gasteiger partial charge is 0.490 e. The zero-order valence-corrected chi connectivity index (χ0v) is 28.0. The van der Waals surface area contributed by atoms with E-state index in [1.165, 1.54) is 6.92 Å². The van der Waals surface area contributed by atoms with Crippen LogP contribution in [0.3, 0.4) is 0 Å². The topological polar surface area (TPSA) is 108 Å². The monoisotopic (exact) mass is 628 g/mol. The fourth-order valence-corrected chi connectivity index (χ4v) is 4.20. The van der Waals surface area contributed by atoms with Crippen molar-refractivity contribution in [1.29, 1.82) is 0 Å². The molecular weight excluding hydrogens is 580 g/mol. The minimum Gasteiger partial charge on any atom is -0.490 e. The Labute approximate surface area is 267 Å². The third-order valence-corrected chi connectivity index (χ3v) is 6.28. The van der Waals surface area contributed by atoms with Gasteiger partial charge in [0.1, 0.15) is 0 Å². The molecule has 0 heterocycles. The van der Waals surface area contributed by atoms with Gasteiger partial charge in [-0.25, -0.2) is 14.5 Å². The first-order valence-electron chi connectivity index (χ1n) is 15.5. The second-order valence-electron chi connectivity index (χ2n) is 10.3. The summed E-state index contributed by atoms with van der Waals surface area (Å²) in [6, 6.07) is 5.34. The Balaban J connectivity index is 2.71. The van der Waals surface area contributed by atoms with Crippen molar-refractivity contribution in [3.05, 3.63) is 53.6 Å². The Morgan fingerprint density at radius 3 is 1.82 bits per heavy atom. The number of hydrogen-bond donors (Lipinski definition) is 0. The third kappa shape index (κ3) is 10.1. The fourth-order valence-electron chi connectivity index (χ4n) is 4.20. The molecule has 0 radical (unpaired) electrons. The van der Waals surface area contributed by atoms with E-state index in [0.29, 0.717) is 62.5 Å². The molecule has 0 spiro atoms. The van der Waals surface area contributed by atoms with E-state index in [1.54, 1.807) is 13.0 Å². The van der Waals surface area contributed by atoms with Crippen molar-refractivity contribution in [2.24, 2.45) is 0 Å². The van der Waals surface area contributed by atoms with Gasteiger partial charge in [0.15, 0.2) is 17.2 Å². The molecule has 0 fully saturated rings. The molecule has 45 heavy (non-hydrogen) atoms. The molecule has 10 nitrogen and oxygen atoms in total. The molecule has 2 aromatic rings. The molecule has 0 aliphatic rings. The second kappa shape index (κ2) is 18.5. The molecule has 0 aliphatic carbocycles. The van der Waals surface area contributed by atoms with Crippen LogP contribution >= 0.6 is 0 Å². The number of carbonyl (C=O) groups is 2. The molecule has 0 saturated carbocycles. The van der Waals surface area contributed by atoms with Crippen LogP contribution in [-0.2, 0) is 20.9 Å². The van der Waals surface area contributed by atoms with Crippen LogP contribution in [0.2, 0.25) is 0 Å². The van der Waals surface area contributed by atoms with Crippen LogP contribution in [0.4, 0.5) is 0 Å². The van der Waals surface area contributed by atoms with Crippen molar-refractivity contribution in [1.82, 2.24) is 0 Å². The normalized spacial score (nSPS) is 11.2. The molecule has 2 rings (SSSR count). The van der Waals surface area contributed by atoms with Crippen LogP contribution in [0, 0.1) is 0 Å². The van der Waals surface area contributed by atoms with Gasteiger partial charge >= 0.3 is 11.9 Å². The number of hydrogen-bond acceptors (Lipinski definition) is 10. The molecule has 1 unspecified atom stereocenters. The average molecular weight is 629 g/mol. The quantitative estimate of drug-likeness (QED) is 0.0476. The molecule has 0 aromatic heterocycles. The van der Waals surface area contributed by atoms with Gasteiger partial charge in [-0.3, -0.25) is 4.89 Å². The van der Waals surface area contributed by atoms with Gasteiger partial charge in [-0.2, -0.15) is 0 Å². The van der Waals surface area contributed by atoms with E-state index >= 15 is 0 Å². The van der Waals surface area contributed by atoms with E-state index < -0.39 is 11.9 Å². The van der Waals surface area contributed by atoms with E-state index in [2.05, 4.69) is 13.2 Å². The lowest BCUT2D eigenvalue weighted by Gasteiger charge is -2.25. The number of ether oxygens (including phenoxy) is 6. The van der Waals surface area contributed by atoms with Crippen LogP contribution in [0.5, 0.6) is 40.2 Å². The first-order chi connectivity index (χ1) is 21.5. The minimum atomic E-state index is -0.693. The van der Waals surface area contributed by atoms with Gasteiger partial charge < -0.3 is 28.4 Å². The molecule has 2 aromatic carbocycles. The van der Waals surface area contributed by atoms with E-state index in [9.17, 15) is 9.59 Å². The molecule has 248 valence electrons. The average Bonchev–Trinajstić information content (AvgIpc) is 3.00. The zero-order chi connectivity index (χ0) is 33.5. The van der Waals surface area contributed by atoms with Crippen LogP contribution in [-0.4, -0.2) is 45.0 Å². The van der Waals surface area contributed by atoms with Crippen molar-refractivity contribution in [2.45, 2.75) is 80.6 Å². The highest BCUT2D eigenvalue weighted by molar-refractivity contribution is 5.90. The number of esters is 1. The van der Waals surface area contributed by atoms with Crippen molar-refractivity contribution in [2.75, 3.05) is 33.0 Å². The highest BCUT2D eigenvalue weighted by Gasteiger charge is 2.29. The van der Waals surface area contributed by atoms with Gasteiger partial charge in [-0.1, -0.05) is 40.0 Å². The Kier molecular flexibility index (Phi) is 15.1. The lowest BCUT2D eigenvalue weighted by atomic mass is 9.91. The van der Waals surface area contributed by atoms with Crippen molar-refractivity contribution < 1.29 is 47.8 Å². The SMILES string of the molecule is C=C(C)C(=O)OOc1ccc(CC(C)c2cc(OCC)c(OC(=O)C(=C)C)c(OCC)c2OCC)c(OCCC)c1OCCC. The van der Waals surface area contributed by atoms with Crippen LogP contribution in [0.25, 0.3) is 0 Å². The standard InChI is InChI=1S/C35H48O10/c1-11-18-41-29-25(16-17-27(31(29)42-19-12-2)44-45-35(37)23(8)9)20-24(10)26-21-28(38-13-3)32(43-34(36)22(6)7)33(40-15-5)30(26)39-14-4/h16-17,21,24H,6,8,11-15,18-20H2,1-5,7,9-10H3. The number of carbonyl (C=O) groups excluding carboxylic acids is 2. The van der Waals surface area contributed by atoms with Crippen LogP contribution in [0.1, 0.15) is 85.3 Å². The summed E-state index contributed by atoms with van der Waals surface area (Å²) < 4.78 is 36.1. The molecule has 1 atom stereocenters. The molecule has 0 bridgehead atoms. The summed E-state index contributed by atoms with van der Waals surface area (Å²) in [7, 11) is 0. The van der Waals surface area contributed by atoms with Crippen LogP contribution in [0.15, 0.2) is 42.5 Å². The molecule has 0 aliphatic heterocycles. The van der Waals surface area contributed by atoms with E-state index in [1.807, 2.05) is 53.7 Å². The highest BCUT2D eigenvalue weighted by Crippen LogP contribution is 2.51. The van der Waals surface area contributed by atoms with Gasteiger partial charge in [-0.05, 0) is 77.5 Å². The predicted molar refractivity (Wildman–Crippen MR) is 172 cm³/mol. The first kappa shape index (κ1) is 36.8. The maximum absolute atomic E-state index is 12.6. The lowest BCUT2D eigenvalue weighted by molar-refractivity contribution is -0.209. The van der Waals surface area contributed by atoms with Crippen molar-refractivity contribution >= 4 is 11.9 Å². The predicted octanol–water partition coefficient (Wildman–Crippen LogP) is 7.70. The summed E-state index contributed by atoms with van der Waals surface area (Å²) >= 11 is 0. The molecular formula is C35H48O10. The fraction of sp³-hybridized carbons (Fsp3) is 0.486.